The Morgan fingerprint density at radius 3 is 2.07 bits per heavy atom. The molecule has 0 saturated carbocycles. The largest absolute Gasteiger partial charge is 0.462 e. The summed E-state index contributed by atoms with van der Waals surface area (Å²) >= 11 is 12.1. The van der Waals surface area contributed by atoms with E-state index in [1.807, 2.05) is 0 Å². The highest BCUT2D eigenvalue weighted by molar-refractivity contribution is 6.33. The van der Waals surface area contributed by atoms with Crippen molar-refractivity contribution in [2.75, 3.05) is 6.61 Å². The van der Waals surface area contributed by atoms with E-state index in [0.29, 0.717) is 22.2 Å². The smallest absolute Gasteiger partial charge is 0.339 e. The highest BCUT2D eigenvalue weighted by atomic mass is 35.5. The van der Waals surface area contributed by atoms with Gasteiger partial charge in [0.2, 0.25) is 0 Å². The molecule has 0 atom stereocenters. The fourth-order valence-corrected chi connectivity index (χ4v) is 3.38. The van der Waals surface area contributed by atoms with Crippen molar-refractivity contribution in [2.45, 2.75) is 58.5 Å². The highest BCUT2D eigenvalue weighted by Gasteiger charge is 2.19. The van der Waals surface area contributed by atoms with E-state index in [4.69, 9.17) is 32.7 Å². The van der Waals surface area contributed by atoms with Crippen LogP contribution in [-0.2, 0) is 16.1 Å². The van der Waals surface area contributed by atoms with Crippen molar-refractivity contribution in [3.8, 4) is 0 Å². The maximum atomic E-state index is 12.5. The van der Waals surface area contributed by atoms with Gasteiger partial charge >= 0.3 is 11.9 Å². The molecule has 30 heavy (non-hydrogen) atoms. The summed E-state index contributed by atoms with van der Waals surface area (Å²) in [4.78, 5) is 25.0. The molecule has 0 fully saturated rings. The normalized spacial score (nSPS) is 10.6. The molecule has 0 amide bonds. The molecule has 162 valence electrons. The Morgan fingerprint density at radius 2 is 1.40 bits per heavy atom. The van der Waals surface area contributed by atoms with Crippen molar-refractivity contribution in [1.82, 2.24) is 0 Å². The zero-order valence-electron chi connectivity index (χ0n) is 17.3. The van der Waals surface area contributed by atoms with Gasteiger partial charge in [0.05, 0.1) is 17.7 Å². The van der Waals surface area contributed by atoms with Crippen LogP contribution in [0.4, 0.5) is 0 Å². The Kier molecular flexibility index (Phi) is 10.7. The van der Waals surface area contributed by atoms with E-state index < -0.39 is 11.9 Å². The maximum Gasteiger partial charge on any atom is 0.339 e. The first-order valence-corrected chi connectivity index (χ1v) is 11.2. The molecule has 0 radical (unpaired) electrons. The molecule has 0 aliphatic rings. The number of hydrogen-bond acceptors (Lipinski definition) is 4. The molecule has 0 unspecified atom stereocenters. The van der Waals surface area contributed by atoms with Crippen molar-refractivity contribution in [2.24, 2.45) is 0 Å². The number of halogens is 2. The third-order valence-corrected chi connectivity index (χ3v) is 5.32. The Labute approximate surface area is 188 Å². The fraction of sp³-hybridized carbons (Fsp3) is 0.417. The van der Waals surface area contributed by atoms with E-state index in [9.17, 15) is 9.59 Å². The van der Waals surface area contributed by atoms with Gasteiger partial charge in [-0.05, 0) is 36.8 Å². The average molecular weight is 451 g/mol. The van der Waals surface area contributed by atoms with Gasteiger partial charge < -0.3 is 9.47 Å². The number of esters is 2. The molecule has 4 nitrogen and oxygen atoms in total. The van der Waals surface area contributed by atoms with Crippen LogP contribution in [0.2, 0.25) is 10.0 Å². The Hall–Kier alpha value is -2.04. The van der Waals surface area contributed by atoms with Gasteiger partial charge in [0.15, 0.2) is 0 Å². The quantitative estimate of drug-likeness (QED) is 0.252. The van der Waals surface area contributed by atoms with Gasteiger partial charge in [0.1, 0.15) is 6.61 Å². The van der Waals surface area contributed by atoms with Crippen LogP contribution in [0.15, 0.2) is 42.5 Å². The SMILES string of the molecule is CCCCCCCCCOC(=O)c1ccccc1C(=O)OCc1cc(Cl)ccc1Cl. The predicted octanol–water partition coefficient (Wildman–Crippen LogP) is 7.26. The summed E-state index contributed by atoms with van der Waals surface area (Å²) in [6.45, 7) is 2.49. The maximum absolute atomic E-state index is 12.5. The molecule has 0 spiro atoms. The second kappa shape index (κ2) is 13.3. The van der Waals surface area contributed by atoms with Crippen molar-refractivity contribution >= 4 is 35.1 Å². The molecule has 0 aromatic heterocycles. The number of carbonyl (C=O) groups excluding carboxylic acids is 2. The summed E-state index contributed by atoms with van der Waals surface area (Å²) in [7, 11) is 0. The van der Waals surface area contributed by atoms with Gasteiger partial charge in [-0.2, -0.15) is 0 Å². The summed E-state index contributed by atoms with van der Waals surface area (Å²) in [6, 6.07) is 11.4. The minimum Gasteiger partial charge on any atom is -0.462 e. The molecule has 0 aliphatic heterocycles. The molecule has 0 N–H and O–H groups in total. The summed E-state index contributed by atoms with van der Waals surface area (Å²) in [5, 5.41) is 0.953. The predicted molar refractivity (Wildman–Crippen MR) is 120 cm³/mol. The molecule has 2 aromatic carbocycles. The third kappa shape index (κ3) is 8.00. The van der Waals surface area contributed by atoms with Crippen molar-refractivity contribution < 1.29 is 19.1 Å². The first-order chi connectivity index (χ1) is 14.5. The van der Waals surface area contributed by atoms with Gasteiger partial charge in [0, 0.05) is 15.6 Å². The molecule has 0 heterocycles. The van der Waals surface area contributed by atoms with Crippen LogP contribution < -0.4 is 0 Å². The fourth-order valence-electron chi connectivity index (χ4n) is 3.02. The first kappa shape index (κ1) is 24.2. The standard InChI is InChI=1S/C24H28Cl2O4/c1-2-3-4-5-6-7-10-15-29-23(27)20-11-8-9-12-21(20)24(28)30-17-18-16-19(25)13-14-22(18)26/h8-9,11-14,16H,2-7,10,15,17H2,1H3. The zero-order chi connectivity index (χ0) is 21.8. The monoisotopic (exact) mass is 450 g/mol. The van der Waals surface area contributed by atoms with Gasteiger partial charge in [-0.1, -0.05) is 80.8 Å². The third-order valence-electron chi connectivity index (χ3n) is 4.71. The molecule has 0 bridgehead atoms. The van der Waals surface area contributed by atoms with E-state index in [2.05, 4.69) is 6.92 Å². The lowest BCUT2D eigenvalue weighted by atomic mass is 10.1. The number of ether oxygens (including phenoxy) is 2. The number of carbonyl (C=O) groups is 2. The van der Waals surface area contributed by atoms with Gasteiger partial charge in [-0.25, -0.2) is 9.59 Å². The second-order valence-electron chi connectivity index (χ2n) is 7.11. The van der Waals surface area contributed by atoms with Gasteiger partial charge in [-0.15, -0.1) is 0 Å². The van der Waals surface area contributed by atoms with Crippen LogP contribution >= 0.6 is 23.2 Å². The lowest BCUT2D eigenvalue weighted by Crippen LogP contribution is -2.14. The zero-order valence-corrected chi connectivity index (χ0v) is 18.8. The molecular weight excluding hydrogens is 423 g/mol. The Bertz CT molecular complexity index is 836. The minimum atomic E-state index is -0.616. The number of hydrogen-bond donors (Lipinski definition) is 0. The minimum absolute atomic E-state index is 0.0420. The van der Waals surface area contributed by atoms with E-state index in [-0.39, 0.29) is 17.7 Å². The van der Waals surface area contributed by atoms with Crippen LogP contribution in [0.1, 0.15) is 78.1 Å². The Morgan fingerprint density at radius 1 is 0.800 bits per heavy atom. The van der Waals surface area contributed by atoms with Crippen molar-refractivity contribution in [1.29, 1.82) is 0 Å². The molecule has 0 saturated heterocycles. The summed E-state index contributed by atoms with van der Waals surface area (Å²) in [5.74, 6) is -1.14. The molecular formula is C24H28Cl2O4. The Balaban J connectivity index is 1.86. The second-order valence-corrected chi connectivity index (χ2v) is 7.96. The number of benzene rings is 2. The van der Waals surface area contributed by atoms with E-state index in [1.165, 1.54) is 25.7 Å². The van der Waals surface area contributed by atoms with E-state index in [1.54, 1.807) is 42.5 Å². The van der Waals surface area contributed by atoms with Crippen LogP contribution in [0.5, 0.6) is 0 Å². The summed E-state index contributed by atoms with van der Waals surface area (Å²) in [5.41, 5.74) is 0.958. The van der Waals surface area contributed by atoms with Gasteiger partial charge in [-0.3, -0.25) is 0 Å². The van der Waals surface area contributed by atoms with Crippen LogP contribution in [-0.4, -0.2) is 18.5 Å². The average Bonchev–Trinajstić information content (AvgIpc) is 2.75. The lowest BCUT2D eigenvalue weighted by molar-refractivity contribution is 0.0436. The summed E-state index contributed by atoms with van der Waals surface area (Å²) < 4.78 is 10.7. The molecule has 0 aliphatic carbocycles. The molecule has 6 heteroatoms. The summed E-state index contributed by atoms with van der Waals surface area (Å²) in [6.07, 6.45) is 7.96. The van der Waals surface area contributed by atoms with Crippen LogP contribution in [0.25, 0.3) is 0 Å². The van der Waals surface area contributed by atoms with Crippen molar-refractivity contribution in [3.63, 3.8) is 0 Å². The van der Waals surface area contributed by atoms with Crippen LogP contribution in [0, 0.1) is 0 Å². The highest BCUT2D eigenvalue weighted by Crippen LogP contribution is 2.22. The van der Waals surface area contributed by atoms with Crippen LogP contribution in [0.3, 0.4) is 0 Å². The lowest BCUT2D eigenvalue weighted by Gasteiger charge is -2.11. The molecule has 2 rings (SSSR count). The number of rotatable bonds is 12. The topological polar surface area (TPSA) is 52.6 Å². The molecule has 2 aromatic rings. The van der Waals surface area contributed by atoms with Crippen molar-refractivity contribution in [3.05, 3.63) is 69.2 Å². The van der Waals surface area contributed by atoms with Gasteiger partial charge in [0.25, 0.3) is 0 Å². The van der Waals surface area contributed by atoms with E-state index in [0.717, 1.165) is 19.3 Å². The first-order valence-electron chi connectivity index (χ1n) is 10.4. The number of unbranched alkanes of at least 4 members (excludes halogenated alkanes) is 6. The van der Waals surface area contributed by atoms with E-state index >= 15 is 0 Å².